The first-order valence-electron chi connectivity index (χ1n) is 5.79. The van der Waals surface area contributed by atoms with Crippen LogP contribution in [0.25, 0.3) is 0 Å². The smallest absolute Gasteiger partial charge is 0.267 e. The minimum atomic E-state index is -0.495. The zero-order valence-electron chi connectivity index (χ0n) is 10.7. The van der Waals surface area contributed by atoms with E-state index in [1.165, 1.54) is 12.5 Å². The summed E-state index contributed by atoms with van der Waals surface area (Å²) >= 11 is 0. The molecule has 0 saturated carbocycles. The zero-order chi connectivity index (χ0) is 14.4. The fourth-order valence-electron chi connectivity index (χ4n) is 1.49. The van der Waals surface area contributed by atoms with Crippen LogP contribution in [0.1, 0.15) is 5.56 Å². The summed E-state index contributed by atoms with van der Waals surface area (Å²) in [5.74, 6) is -0.147. The van der Waals surface area contributed by atoms with Crippen LogP contribution in [0.3, 0.4) is 0 Å². The molecule has 0 saturated heterocycles. The Bertz CT molecular complexity index is 668. The van der Waals surface area contributed by atoms with E-state index in [9.17, 15) is 4.79 Å². The van der Waals surface area contributed by atoms with Gasteiger partial charge in [-0.1, -0.05) is 12.1 Å². The molecule has 7 nitrogen and oxygen atoms in total. The summed E-state index contributed by atoms with van der Waals surface area (Å²) in [5, 5.41) is 20.5. The average Bonchev–Trinajstić information content (AvgIpc) is 2.92. The predicted octanol–water partition coefficient (Wildman–Crippen LogP) is 1.57. The summed E-state index contributed by atoms with van der Waals surface area (Å²) in [4.78, 5) is 15.7. The number of hydrogen-bond acceptors (Lipinski definition) is 5. The van der Waals surface area contributed by atoms with Gasteiger partial charge in [-0.15, -0.1) is 0 Å². The Labute approximate surface area is 115 Å². The van der Waals surface area contributed by atoms with Gasteiger partial charge in [0.25, 0.3) is 5.91 Å². The number of nitriles is 1. The molecule has 20 heavy (non-hydrogen) atoms. The lowest BCUT2D eigenvalue weighted by molar-refractivity contribution is -0.112. The van der Waals surface area contributed by atoms with Gasteiger partial charge in [0, 0.05) is 11.9 Å². The molecule has 1 amide bonds. The normalized spacial score (nSPS) is 10.7. The highest BCUT2D eigenvalue weighted by Gasteiger charge is 2.09. The highest BCUT2D eigenvalue weighted by Crippen LogP contribution is 2.10. The quantitative estimate of drug-likeness (QED) is 0.576. The molecule has 0 aliphatic carbocycles. The third-order valence-corrected chi connectivity index (χ3v) is 2.41. The maximum Gasteiger partial charge on any atom is 0.267 e. The van der Waals surface area contributed by atoms with Gasteiger partial charge in [0.2, 0.25) is 5.95 Å². The standard InChI is InChI=1S/C13H12N6O/c1-9-3-2-4-11(5-9)18-12(20)10(6-14)7-15-13-16-8-17-19-13/h2-5,7-8H,1H3,(H,18,20)(H2,15,16,17,19)/b10-7-. The van der Waals surface area contributed by atoms with E-state index in [1.807, 2.05) is 31.2 Å². The molecule has 0 aliphatic rings. The zero-order valence-corrected chi connectivity index (χ0v) is 10.7. The van der Waals surface area contributed by atoms with E-state index in [-0.39, 0.29) is 5.57 Å². The van der Waals surface area contributed by atoms with Gasteiger partial charge in [0.15, 0.2) is 0 Å². The lowest BCUT2D eigenvalue weighted by atomic mass is 10.2. The molecule has 0 spiro atoms. The van der Waals surface area contributed by atoms with Crippen LogP contribution in [0.15, 0.2) is 42.4 Å². The van der Waals surface area contributed by atoms with Gasteiger partial charge in [-0.3, -0.25) is 4.79 Å². The Morgan fingerprint density at radius 1 is 1.50 bits per heavy atom. The van der Waals surface area contributed by atoms with Crippen molar-refractivity contribution in [3.05, 3.63) is 47.9 Å². The summed E-state index contributed by atoms with van der Waals surface area (Å²) in [5.41, 5.74) is 1.59. The largest absolute Gasteiger partial charge is 0.330 e. The molecule has 0 unspecified atom stereocenters. The van der Waals surface area contributed by atoms with E-state index < -0.39 is 5.91 Å². The summed E-state index contributed by atoms with van der Waals surface area (Å²) in [6, 6.07) is 9.14. The molecule has 2 rings (SSSR count). The lowest BCUT2D eigenvalue weighted by Crippen LogP contribution is -2.14. The number of aromatic nitrogens is 3. The van der Waals surface area contributed by atoms with Gasteiger partial charge in [0.1, 0.15) is 18.0 Å². The van der Waals surface area contributed by atoms with Crippen LogP contribution in [-0.4, -0.2) is 21.1 Å². The fourth-order valence-corrected chi connectivity index (χ4v) is 1.49. The molecule has 1 heterocycles. The van der Waals surface area contributed by atoms with Crippen LogP contribution >= 0.6 is 0 Å². The van der Waals surface area contributed by atoms with Gasteiger partial charge in [-0.25, -0.2) is 5.10 Å². The van der Waals surface area contributed by atoms with Gasteiger partial charge in [-0.2, -0.15) is 15.3 Å². The van der Waals surface area contributed by atoms with Crippen molar-refractivity contribution in [1.29, 1.82) is 5.26 Å². The molecule has 100 valence electrons. The monoisotopic (exact) mass is 268 g/mol. The van der Waals surface area contributed by atoms with E-state index in [4.69, 9.17) is 5.26 Å². The van der Waals surface area contributed by atoms with Crippen LogP contribution in [0.4, 0.5) is 11.6 Å². The molecule has 1 aromatic carbocycles. The lowest BCUT2D eigenvalue weighted by Gasteiger charge is -2.05. The molecule has 1 aromatic heterocycles. The number of hydrogen-bond donors (Lipinski definition) is 3. The molecule has 3 N–H and O–H groups in total. The molecule has 7 heteroatoms. The first-order chi connectivity index (χ1) is 9.69. The molecule has 2 aromatic rings. The van der Waals surface area contributed by atoms with Gasteiger partial charge >= 0.3 is 0 Å². The van der Waals surface area contributed by atoms with Crippen molar-refractivity contribution in [2.45, 2.75) is 6.92 Å². The number of aromatic amines is 1. The van der Waals surface area contributed by atoms with Crippen LogP contribution in [0.5, 0.6) is 0 Å². The van der Waals surface area contributed by atoms with Gasteiger partial charge in [-0.05, 0) is 24.6 Å². The molecule has 0 atom stereocenters. The number of amides is 1. The third-order valence-electron chi connectivity index (χ3n) is 2.41. The molecule has 0 radical (unpaired) electrons. The Balaban J connectivity index is 2.06. The minimum absolute atomic E-state index is 0.0668. The average molecular weight is 268 g/mol. The van der Waals surface area contributed by atoms with Crippen molar-refractivity contribution in [2.75, 3.05) is 10.6 Å². The maximum absolute atomic E-state index is 11.9. The van der Waals surface area contributed by atoms with Crippen molar-refractivity contribution >= 4 is 17.5 Å². The Kier molecular flexibility index (Phi) is 4.09. The second-order valence-corrected chi connectivity index (χ2v) is 3.97. The van der Waals surface area contributed by atoms with E-state index in [2.05, 4.69) is 25.8 Å². The molecule has 0 bridgehead atoms. The SMILES string of the molecule is Cc1cccc(NC(=O)/C(C#N)=C\Nc2ncn[nH]2)c1. The van der Waals surface area contributed by atoms with Gasteiger partial charge < -0.3 is 10.6 Å². The number of nitrogens with zero attached hydrogens (tertiary/aromatic N) is 3. The first-order valence-corrected chi connectivity index (χ1v) is 5.79. The fraction of sp³-hybridized carbons (Fsp3) is 0.0769. The topological polar surface area (TPSA) is 106 Å². The van der Waals surface area contributed by atoms with Crippen molar-refractivity contribution in [3.63, 3.8) is 0 Å². The molecule has 0 aliphatic heterocycles. The van der Waals surface area contributed by atoms with Crippen LogP contribution in [0, 0.1) is 18.3 Å². The highest BCUT2D eigenvalue weighted by atomic mass is 16.1. The summed E-state index contributed by atoms with van der Waals surface area (Å²) < 4.78 is 0. The van der Waals surface area contributed by atoms with E-state index >= 15 is 0 Å². The Morgan fingerprint density at radius 3 is 3.00 bits per heavy atom. The van der Waals surface area contributed by atoms with Gasteiger partial charge in [0.05, 0.1) is 0 Å². The van der Waals surface area contributed by atoms with Crippen molar-refractivity contribution < 1.29 is 4.79 Å². The maximum atomic E-state index is 11.9. The number of aryl methyl sites for hydroxylation is 1. The van der Waals surface area contributed by atoms with Crippen LogP contribution in [-0.2, 0) is 4.79 Å². The number of anilines is 2. The number of nitrogens with one attached hydrogen (secondary N) is 3. The van der Waals surface area contributed by atoms with Crippen molar-refractivity contribution in [3.8, 4) is 6.07 Å². The number of carbonyl (C=O) groups is 1. The predicted molar refractivity (Wildman–Crippen MR) is 73.5 cm³/mol. The minimum Gasteiger partial charge on any atom is -0.330 e. The van der Waals surface area contributed by atoms with E-state index in [1.54, 1.807) is 6.07 Å². The number of benzene rings is 1. The van der Waals surface area contributed by atoms with E-state index in [0.717, 1.165) is 5.56 Å². The second kappa shape index (κ2) is 6.15. The molecule has 0 fully saturated rings. The van der Waals surface area contributed by atoms with Crippen LogP contribution < -0.4 is 10.6 Å². The number of rotatable bonds is 4. The highest BCUT2D eigenvalue weighted by molar-refractivity contribution is 6.06. The summed E-state index contributed by atoms with van der Waals surface area (Å²) in [6.07, 6.45) is 2.58. The first kappa shape index (κ1) is 13.3. The third kappa shape index (κ3) is 3.43. The van der Waals surface area contributed by atoms with Crippen LogP contribution in [0.2, 0.25) is 0 Å². The second-order valence-electron chi connectivity index (χ2n) is 3.97. The number of H-pyrrole nitrogens is 1. The number of carbonyl (C=O) groups excluding carboxylic acids is 1. The summed E-state index contributed by atoms with van der Waals surface area (Å²) in [7, 11) is 0. The Hall–Kier alpha value is -3.14. The summed E-state index contributed by atoms with van der Waals surface area (Å²) in [6.45, 7) is 1.92. The molecular formula is C13H12N6O. The van der Waals surface area contributed by atoms with Crippen molar-refractivity contribution in [2.24, 2.45) is 0 Å². The molecular weight excluding hydrogens is 256 g/mol. The van der Waals surface area contributed by atoms with Crippen molar-refractivity contribution in [1.82, 2.24) is 15.2 Å². The van der Waals surface area contributed by atoms with E-state index in [0.29, 0.717) is 11.6 Å². The Morgan fingerprint density at radius 2 is 2.35 bits per heavy atom.